The Bertz CT molecular complexity index is 291. The van der Waals surface area contributed by atoms with Gasteiger partial charge in [-0.1, -0.05) is 6.58 Å². The van der Waals surface area contributed by atoms with E-state index in [-0.39, 0.29) is 22.8 Å². The molecule has 0 spiro atoms. The van der Waals surface area contributed by atoms with Crippen LogP contribution in [0.1, 0.15) is 27.7 Å². The summed E-state index contributed by atoms with van der Waals surface area (Å²) in [5, 5.41) is 0. The zero-order chi connectivity index (χ0) is 13.5. The zero-order valence-corrected chi connectivity index (χ0v) is 11.1. The molecule has 16 heavy (non-hydrogen) atoms. The van der Waals surface area contributed by atoms with Gasteiger partial charge in [0.2, 0.25) is 0 Å². The summed E-state index contributed by atoms with van der Waals surface area (Å²) in [6.45, 7) is 13.2. The van der Waals surface area contributed by atoms with Gasteiger partial charge in [0.05, 0.1) is 11.2 Å². The molecule has 4 nitrogen and oxygen atoms in total. The Labute approximate surface area is 98.0 Å². The molecule has 0 rings (SSSR count). The van der Waals surface area contributed by atoms with Crippen molar-refractivity contribution in [3.05, 3.63) is 12.3 Å². The van der Waals surface area contributed by atoms with Crippen LogP contribution in [0.5, 0.6) is 0 Å². The van der Waals surface area contributed by atoms with Gasteiger partial charge in [0.1, 0.15) is 5.78 Å². The number of rotatable bonds is 4. The van der Waals surface area contributed by atoms with Crippen molar-refractivity contribution >= 4 is 18.3 Å². The zero-order valence-electron chi connectivity index (χ0n) is 11.1. The molecule has 0 aromatic heterocycles. The van der Waals surface area contributed by atoms with Gasteiger partial charge in [-0.3, -0.25) is 19.5 Å². The first-order valence-electron chi connectivity index (χ1n) is 4.92. The van der Waals surface area contributed by atoms with E-state index in [2.05, 4.69) is 18.3 Å². The van der Waals surface area contributed by atoms with E-state index in [4.69, 9.17) is 0 Å². The highest BCUT2D eigenvalue weighted by molar-refractivity contribution is 5.92. The average molecular weight is 226 g/mol. The van der Waals surface area contributed by atoms with Gasteiger partial charge >= 0.3 is 0 Å². The van der Waals surface area contributed by atoms with Gasteiger partial charge in [0, 0.05) is 6.92 Å². The van der Waals surface area contributed by atoms with Crippen LogP contribution >= 0.6 is 0 Å². The van der Waals surface area contributed by atoms with E-state index in [1.165, 1.54) is 6.92 Å². The molecule has 0 aliphatic heterocycles. The van der Waals surface area contributed by atoms with Crippen LogP contribution in [-0.4, -0.2) is 42.8 Å². The third-order valence-electron chi connectivity index (χ3n) is 2.58. The summed E-state index contributed by atoms with van der Waals surface area (Å²) in [7, 11) is 3.81. The van der Waals surface area contributed by atoms with Crippen molar-refractivity contribution in [2.45, 2.75) is 33.2 Å². The third kappa shape index (κ3) is 6.24. The number of nitrogens with zero attached hydrogens (tertiary/aromatic N) is 2. The van der Waals surface area contributed by atoms with Gasteiger partial charge in [-0.15, -0.1) is 0 Å². The third-order valence-corrected chi connectivity index (χ3v) is 2.58. The van der Waals surface area contributed by atoms with E-state index in [0.717, 1.165) is 0 Å². The van der Waals surface area contributed by atoms with E-state index in [1.807, 2.05) is 32.8 Å². The lowest BCUT2D eigenvalue weighted by molar-refractivity contribution is -0.125. The minimum Gasteiger partial charge on any atom is -0.298 e. The van der Waals surface area contributed by atoms with E-state index in [0.29, 0.717) is 0 Å². The van der Waals surface area contributed by atoms with Crippen molar-refractivity contribution < 1.29 is 9.59 Å². The molecule has 0 saturated heterocycles. The fourth-order valence-corrected chi connectivity index (χ4v) is 0.426. The van der Waals surface area contributed by atoms with Gasteiger partial charge in [-0.25, -0.2) is 0 Å². The number of ketones is 2. The fraction of sp³-hybridized carbons (Fsp3) is 0.583. The Morgan fingerprint density at radius 3 is 1.56 bits per heavy atom. The van der Waals surface area contributed by atoms with Crippen LogP contribution in [0, 0.1) is 0 Å². The summed E-state index contributed by atoms with van der Waals surface area (Å²) in [5.41, 5.74) is -0.0833. The second-order valence-corrected chi connectivity index (χ2v) is 4.17. The van der Waals surface area contributed by atoms with Crippen LogP contribution in [-0.2, 0) is 9.59 Å². The molecule has 0 aliphatic carbocycles. The molecule has 0 aliphatic rings. The number of aliphatic imine (C=N–C) groups is 1. The van der Waals surface area contributed by atoms with Crippen LogP contribution < -0.4 is 0 Å². The second-order valence-electron chi connectivity index (χ2n) is 4.17. The molecule has 4 heteroatoms. The first-order valence-corrected chi connectivity index (χ1v) is 4.92. The Kier molecular flexibility index (Phi) is 7.55. The molecule has 0 unspecified atom stereocenters. The Morgan fingerprint density at radius 2 is 1.56 bits per heavy atom. The van der Waals surface area contributed by atoms with E-state index in [9.17, 15) is 9.59 Å². The summed E-state index contributed by atoms with van der Waals surface area (Å²) < 4.78 is 0. The minimum atomic E-state index is -0.306. The molecule has 0 heterocycles. The normalized spacial score (nSPS) is 10.2. The molecule has 0 bridgehead atoms. The molecule has 0 saturated carbocycles. The number of Topliss-reactive ketones (excluding diaryl/α,β-unsaturated/α-hetero) is 2. The lowest BCUT2D eigenvalue weighted by Crippen LogP contribution is -2.44. The van der Waals surface area contributed by atoms with Crippen LogP contribution in [0.25, 0.3) is 0 Å². The molecule has 0 radical (unpaired) electrons. The van der Waals surface area contributed by atoms with Crippen molar-refractivity contribution in [2.24, 2.45) is 4.99 Å². The summed E-state index contributed by atoms with van der Waals surface area (Å²) in [6.07, 6.45) is 0. The summed E-state index contributed by atoms with van der Waals surface area (Å²) in [5.74, 6) is 0.0718. The Hall–Kier alpha value is -1.29. The molecule has 0 fully saturated rings. The topological polar surface area (TPSA) is 49.7 Å². The predicted molar refractivity (Wildman–Crippen MR) is 67.8 cm³/mol. The standard InChI is InChI=1S/C7H15NO.C5H7NO/c1-6(9)7(2,3)8(4)5;1-4(6-3)5(2)7/h1-5H3;1,3H2,2H3. The van der Waals surface area contributed by atoms with Crippen molar-refractivity contribution in [1.29, 1.82) is 0 Å². The number of hydrogen-bond acceptors (Lipinski definition) is 4. The minimum absolute atomic E-state index is 0.130. The molecule has 92 valence electrons. The number of hydrogen-bond donors (Lipinski definition) is 0. The highest BCUT2D eigenvalue weighted by Crippen LogP contribution is 2.09. The van der Waals surface area contributed by atoms with Crippen LogP contribution in [0.2, 0.25) is 0 Å². The molecular weight excluding hydrogens is 204 g/mol. The Morgan fingerprint density at radius 1 is 1.19 bits per heavy atom. The second kappa shape index (κ2) is 7.06. The summed E-state index contributed by atoms with van der Waals surface area (Å²) >= 11 is 0. The first-order chi connectivity index (χ1) is 7.07. The lowest BCUT2D eigenvalue weighted by Gasteiger charge is -2.29. The quantitative estimate of drug-likeness (QED) is 0.541. The molecule has 0 aromatic carbocycles. The molecule has 0 aromatic rings. The molecule has 0 N–H and O–H groups in total. The maximum atomic E-state index is 10.9. The van der Waals surface area contributed by atoms with Gasteiger partial charge in [-0.2, -0.15) is 0 Å². The maximum Gasteiger partial charge on any atom is 0.177 e. The summed E-state index contributed by atoms with van der Waals surface area (Å²) in [4.78, 5) is 26.2. The smallest absolute Gasteiger partial charge is 0.177 e. The molecule has 0 amide bonds. The number of carbonyl (C=O) groups excluding carboxylic acids is 2. The Balaban J connectivity index is 0. The largest absolute Gasteiger partial charge is 0.298 e. The van der Waals surface area contributed by atoms with Crippen molar-refractivity contribution in [1.82, 2.24) is 4.90 Å². The number of likely N-dealkylation sites (N-methyl/N-ethyl adjacent to an activating group) is 1. The van der Waals surface area contributed by atoms with Crippen LogP contribution in [0.4, 0.5) is 0 Å². The van der Waals surface area contributed by atoms with Crippen LogP contribution in [0.3, 0.4) is 0 Å². The summed E-state index contributed by atoms with van der Waals surface area (Å²) in [6, 6.07) is 0. The van der Waals surface area contributed by atoms with E-state index >= 15 is 0 Å². The van der Waals surface area contributed by atoms with Gasteiger partial charge in [0.25, 0.3) is 0 Å². The predicted octanol–water partition coefficient (Wildman–Crippen LogP) is 1.71. The monoisotopic (exact) mass is 226 g/mol. The van der Waals surface area contributed by atoms with Crippen molar-refractivity contribution in [3.8, 4) is 0 Å². The number of allylic oxidation sites excluding steroid dienone is 1. The van der Waals surface area contributed by atoms with E-state index in [1.54, 1.807) is 6.92 Å². The first kappa shape index (κ1) is 17.1. The highest BCUT2D eigenvalue weighted by Gasteiger charge is 2.25. The van der Waals surface area contributed by atoms with Crippen molar-refractivity contribution in [2.75, 3.05) is 14.1 Å². The SMILES string of the molecule is C=NC(=C)C(C)=O.CC(=O)C(C)(C)N(C)C. The molecule has 0 atom stereocenters. The number of carbonyl (C=O) groups is 2. The average Bonchev–Trinajstić information content (AvgIpc) is 2.16. The fourth-order valence-electron chi connectivity index (χ4n) is 0.426. The maximum absolute atomic E-state index is 10.9. The van der Waals surface area contributed by atoms with Gasteiger partial charge < -0.3 is 0 Å². The van der Waals surface area contributed by atoms with Crippen molar-refractivity contribution in [3.63, 3.8) is 0 Å². The van der Waals surface area contributed by atoms with Gasteiger partial charge in [-0.05, 0) is 41.6 Å². The lowest BCUT2D eigenvalue weighted by atomic mass is 9.99. The van der Waals surface area contributed by atoms with E-state index < -0.39 is 0 Å². The van der Waals surface area contributed by atoms with Crippen LogP contribution in [0.15, 0.2) is 17.3 Å². The van der Waals surface area contributed by atoms with Gasteiger partial charge in [0.15, 0.2) is 5.78 Å². The molecular formula is C12H22N2O2. The highest BCUT2D eigenvalue weighted by atomic mass is 16.1.